The zero-order chi connectivity index (χ0) is 9.30. The van der Waals surface area contributed by atoms with Gasteiger partial charge in [-0.3, -0.25) is 10.1 Å². The largest absolute Gasteiger partial charge is 0.394 e. The van der Waals surface area contributed by atoms with Crippen LogP contribution in [0.15, 0.2) is 12.1 Å². The Morgan fingerprint density at radius 1 is 1.33 bits per heavy atom. The summed E-state index contributed by atoms with van der Waals surface area (Å²) in [7, 11) is 0. The average molecular weight is 174 g/mol. The van der Waals surface area contributed by atoms with Crippen LogP contribution in [-0.4, -0.2) is 4.92 Å². The van der Waals surface area contributed by atoms with Gasteiger partial charge in [0.1, 0.15) is 5.69 Å². The number of hydrogen-bond acceptors (Lipinski definition) is 3. The summed E-state index contributed by atoms with van der Waals surface area (Å²) in [6.45, 7) is 0. The van der Waals surface area contributed by atoms with Crippen molar-refractivity contribution in [2.45, 2.75) is 0 Å². The fourth-order valence-electron chi connectivity index (χ4n) is 0.676. The number of anilines is 1. The summed E-state index contributed by atoms with van der Waals surface area (Å²) in [5.41, 5.74) is 3.52. The van der Waals surface area contributed by atoms with E-state index in [1.165, 1.54) is 0 Å². The Labute approximate surface area is 65.8 Å². The molecule has 0 bridgehead atoms. The Balaban J connectivity index is 3.31. The molecule has 0 aliphatic carbocycles. The second kappa shape index (κ2) is 2.72. The normalized spacial score (nSPS) is 9.83. The van der Waals surface area contributed by atoms with Crippen molar-refractivity contribution in [2.75, 3.05) is 5.73 Å². The van der Waals surface area contributed by atoms with E-state index in [4.69, 9.17) is 5.73 Å². The lowest BCUT2D eigenvalue weighted by Gasteiger charge is -1.97. The van der Waals surface area contributed by atoms with E-state index in [-0.39, 0.29) is 0 Å². The summed E-state index contributed by atoms with van der Waals surface area (Å²) in [4.78, 5) is 9.15. The molecule has 0 fully saturated rings. The molecule has 12 heavy (non-hydrogen) atoms. The van der Waals surface area contributed by atoms with E-state index in [0.717, 1.165) is 0 Å². The SMILES string of the molecule is Nc1c(F)cc([N+](=O)[O-])cc1F. The van der Waals surface area contributed by atoms with E-state index >= 15 is 0 Å². The summed E-state index contributed by atoms with van der Waals surface area (Å²) in [5.74, 6) is -2.25. The van der Waals surface area contributed by atoms with Gasteiger partial charge in [0.05, 0.1) is 17.1 Å². The lowest BCUT2D eigenvalue weighted by molar-refractivity contribution is -0.385. The Kier molecular flexibility index (Phi) is 1.90. The highest BCUT2D eigenvalue weighted by molar-refractivity contribution is 5.47. The summed E-state index contributed by atoms with van der Waals surface area (Å²) >= 11 is 0. The second-order valence-electron chi connectivity index (χ2n) is 2.08. The Bertz CT molecular complexity index is 317. The van der Waals surface area contributed by atoms with E-state index in [2.05, 4.69) is 0 Å². The van der Waals surface area contributed by atoms with Crippen molar-refractivity contribution in [3.05, 3.63) is 33.9 Å². The molecule has 1 aromatic rings. The minimum absolute atomic E-state index is 0.568. The van der Waals surface area contributed by atoms with Crippen molar-refractivity contribution in [2.24, 2.45) is 0 Å². The second-order valence-corrected chi connectivity index (χ2v) is 2.08. The van der Waals surface area contributed by atoms with E-state index in [1.807, 2.05) is 0 Å². The number of non-ortho nitro benzene ring substituents is 1. The molecular weight excluding hydrogens is 170 g/mol. The summed E-state index contributed by atoms with van der Waals surface area (Å²) in [6, 6.07) is 1.14. The van der Waals surface area contributed by atoms with Gasteiger partial charge in [-0.25, -0.2) is 8.78 Å². The van der Waals surface area contributed by atoms with Gasteiger partial charge >= 0.3 is 0 Å². The highest BCUT2D eigenvalue weighted by atomic mass is 19.1. The van der Waals surface area contributed by atoms with Gasteiger partial charge in [0.2, 0.25) is 0 Å². The van der Waals surface area contributed by atoms with Crippen molar-refractivity contribution in [3.8, 4) is 0 Å². The van der Waals surface area contributed by atoms with Crippen LogP contribution >= 0.6 is 0 Å². The van der Waals surface area contributed by atoms with Gasteiger partial charge in [0.25, 0.3) is 5.69 Å². The number of halogens is 2. The van der Waals surface area contributed by atoms with Crippen LogP contribution in [0.1, 0.15) is 0 Å². The minimum atomic E-state index is -1.12. The Morgan fingerprint density at radius 3 is 2.08 bits per heavy atom. The van der Waals surface area contributed by atoms with Gasteiger partial charge in [0.15, 0.2) is 11.6 Å². The van der Waals surface area contributed by atoms with Crippen LogP contribution in [0, 0.1) is 21.7 Å². The van der Waals surface area contributed by atoms with Crippen LogP contribution < -0.4 is 5.73 Å². The fourth-order valence-corrected chi connectivity index (χ4v) is 0.676. The topological polar surface area (TPSA) is 69.2 Å². The van der Waals surface area contributed by atoms with Gasteiger partial charge in [-0.2, -0.15) is 0 Å². The first kappa shape index (κ1) is 8.38. The summed E-state index contributed by atoms with van der Waals surface area (Å²) in [5, 5.41) is 10.0. The Morgan fingerprint density at radius 2 is 1.75 bits per heavy atom. The van der Waals surface area contributed by atoms with E-state index in [1.54, 1.807) is 0 Å². The molecule has 0 saturated carbocycles. The van der Waals surface area contributed by atoms with E-state index < -0.39 is 27.9 Å². The predicted molar refractivity (Wildman–Crippen MR) is 37.4 cm³/mol. The molecule has 4 nitrogen and oxygen atoms in total. The number of nitrogen functional groups attached to an aromatic ring is 1. The molecule has 0 aliphatic heterocycles. The molecule has 0 radical (unpaired) electrons. The van der Waals surface area contributed by atoms with Crippen LogP contribution in [0.2, 0.25) is 0 Å². The van der Waals surface area contributed by atoms with Gasteiger partial charge in [-0.1, -0.05) is 0 Å². The number of nitro benzene ring substituents is 1. The third kappa shape index (κ3) is 1.31. The van der Waals surface area contributed by atoms with E-state index in [0.29, 0.717) is 12.1 Å². The molecular formula is C6H4F2N2O2. The fraction of sp³-hybridized carbons (Fsp3) is 0. The molecule has 1 rings (SSSR count). The maximum Gasteiger partial charge on any atom is 0.275 e. The maximum atomic E-state index is 12.5. The predicted octanol–water partition coefficient (Wildman–Crippen LogP) is 1.46. The first-order valence-electron chi connectivity index (χ1n) is 2.91. The zero-order valence-corrected chi connectivity index (χ0v) is 5.75. The number of nitrogens with zero attached hydrogens (tertiary/aromatic N) is 1. The molecule has 0 aromatic heterocycles. The van der Waals surface area contributed by atoms with Crippen LogP contribution in [0.5, 0.6) is 0 Å². The lowest BCUT2D eigenvalue weighted by Crippen LogP contribution is -1.97. The van der Waals surface area contributed by atoms with Crippen molar-refractivity contribution in [1.82, 2.24) is 0 Å². The number of rotatable bonds is 1. The smallest absolute Gasteiger partial charge is 0.275 e. The lowest BCUT2D eigenvalue weighted by atomic mass is 10.2. The highest BCUT2D eigenvalue weighted by Gasteiger charge is 2.13. The standard InChI is InChI=1S/C6H4F2N2O2/c7-4-1-3(10(11)12)2-5(8)6(4)9/h1-2H,9H2. The van der Waals surface area contributed by atoms with Crippen LogP contribution in [0.25, 0.3) is 0 Å². The molecule has 0 spiro atoms. The third-order valence-electron chi connectivity index (χ3n) is 1.27. The molecule has 2 N–H and O–H groups in total. The maximum absolute atomic E-state index is 12.5. The molecule has 0 saturated heterocycles. The molecule has 0 unspecified atom stereocenters. The first-order chi connectivity index (χ1) is 5.52. The van der Waals surface area contributed by atoms with Crippen LogP contribution in [-0.2, 0) is 0 Å². The van der Waals surface area contributed by atoms with Gasteiger partial charge in [-0.05, 0) is 0 Å². The summed E-state index contributed by atoms with van der Waals surface area (Å²) in [6.07, 6.45) is 0. The highest BCUT2D eigenvalue weighted by Crippen LogP contribution is 2.21. The molecule has 0 aliphatic rings. The van der Waals surface area contributed by atoms with Gasteiger partial charge in [-0.15, -0.1) is 0 Å². The molecule has 64 valence electrons. The molecule has 0 atom stereocenters. The number of benzene rings is 1. The number of nitrogens with two attached hydrogens (primary N) is 1. The van der Waals surface area contributed by atoms with Crippen molar-refractivity contribution in [3.63, 3.8) is 0 Å². The quantitative estimate of drug-likeness (QED) is 0.398. The minimum Gasteiger partial charge on any atom is -0.394 e. The molecule has 6 heteroatoms. The Hall–Kier alpha value is -1.72. The molecule has 0 amide bonds. The van der Waals surface area contributed by atoms with Crippen LogP contribution in [0.4, 0.5) is 20.2 Å². The van der Waals surface area contributed by atoms with Crippen molar-refractivity contribution in [1.29, 1.82) is 0 Å². The zero-order valence-electron chi connectivity index (χ0n) is 5.75. The number of hydrogen-bond donors (Lipinski definition) is 1. The first-order valence-corrected chi connectivity index (χ1v) is 2.91. The van der Waals surface area contributed by atoms with Gasteiger partial charge < -0.3 is 5.73 Å². The molecule has 1 aromatic carbocycles. The molecule has 0 heterocycles. The van der Waals surface area contributed by atoms with Crippen LogP contribution in [0.3, 0.4) is 0 Å². The summed E-state index contributed by atoms with van der Waals surface area (Å²) < 4.78 is 25.1. The van der Waals surface area contributed by atoms with Gasteiger partial charge in [0, 0.05) is 0 Å². The monoisotopic (exact) mass is 174 g/mol. The van der Waals surface area contributed by atoms with Crippen molar-refractivity contribution >= 4 is 11.4 Å². The third-order valence-corrected chi connectivity index (χ3v) is 1.27. The average Bonchev–Trinajstić information content (AvgIpc) is 1.99. The number of nitro groups is 1. The van der Waals surface area contributed by atoms with E-state index in [9.17, 15) is 18.9 Å². The van der Waals surface area contributed by atoms with Crippen molar-refractivity contribution < 1.29 is 13.7 Å².